The molecule has 5 rings (SSSR count). The van der Waals surface area contributed by atoms with Crippen molar-refractivity contribution < 1.29 is 45.1 Å². The molecule has 0 radical (unpaired) electrons. The molecule has 1 unspecified atom stereocenters. The van der Waals surface area contributed by atoms with E-state index in [1.165, 1.54) is 11.0 Å². The number of hydrogen-bond acceptors (Lipinski definition) is 4. The average Bonchev–Trinajstić information content (AvgIpc) is 3.24. The Labute approximate surface area is 221 Å². The quantitative estimate of drug-likeness (QED) is 0.413. The molecule has 12 heteroatoms. The maximum atomic E-state index is 14.8. The third-order valence-corrected chi connectivity index (χ3v) is 11.3. The van der Waals surface area contributed by atoms with Gasteiger partial charge in [-0.3, -0.25) is 9.59 Å². The Balaban J connectivity index is 1.61. The van der Waals surface area contributed by atoms with Gasteiger partial charge in [-0.25, -0.2) is 17.2 Å². The van der Waals surface area contributed by atoms with Crippen molar-refractivity contribution in [3.63, 3.8) is 0 Å². The van der Waals surface area contributed by atoms with E-state index in [1.807, 2.05) is 0 Å². The number of carbonyl (C=O) groups excluding carboxylic acids is 1. The lowest BCUT2D eigenvalue weighted by atomic mass is 9.72. The van der Waals surface area contributed by atoms with Crippen LogP contribution in [-0.2, 0) is 36.3 Å². The van der Waals surface area contributed by atoms with E-state index >= 15 is 0 Å². The predicted molar refractivity (Wildman–Crippen MR) is 128 cm³/mol. The van der Waals surface area contributed by atoms with Gasteiger partial charge >= 0.3 is 12.1 Å². The number of hydrogen-bond donors (Lipinski definition) is 1. The second-order valence-corrected chi connectivity index (χ2v) is 13.0. The molecule has 1 saturated carbocycles. The van der Waals surface area contributed by atoms with Gasteiger partial charge in [0.15, 0.2) is 9.84 Å². The minimum atomic E-state index is -5.19. The van der Waals surface area contributed by atoms with Crippen molar-refractivity contribution in [1.29, 1.82) is 0 Å². The molecule has 1 amide bonds. The third kappa shape index (κ3) is 4.05. The Hall–Kier alpha value is -3.02. The molecule has 6 nitrogen and oxygen atoms in total. The van der Waals surface area contributed by atoms with E-state index in [1.54, 1.807) is 0 Å². The summed E-state index contributed by atoms with van der Waals surface area (Å²) in [6.07, 6.45) is -4.79. The first-order valence-electron chi connectivity index (χ1n) is 12.5. The zero-order chi connectivity index (χ0) is 28.5. The van der Waals surface area contributed by atoms with Gasteiger partial charge in [-0.1, -0.05) is 18.2 Å². The molecule has 210 valence electrons. The van der Waals surface area contributed by atoms with E-state index in [-0.39, 0.29) is 60.7 Å². The van der Waals surface area contributed by atoms with Crippen LogP contribution in [0.4, 0.5) is 22.0 Å². The van der Waals surface area contributed by atoms with Crippen LogP contribution in [0.5, 0.6) is 0 Å². The van der Waals surface area contributed by atoms with Crippen LogP contribution < -0.4 is 0 Å². The monoisotopic (exact) mass is 571 g/mol. The Bertz CT molecular complexity index is 1430. The number of sulfone groups is 1. The molecule has 4 atom stereocenters. The Kier molecular flexibility index (Phi) is 6.36. The minimum Gasteiger partial charge on any atom is -0.481 e. The highest BCUT2D eigenvalue weighted by atomic mass is 32.2. The molecule has 2 aromatic carbocycles. The number of nitrogens with zero attached hydrogens (tertiary/aromatic N) is 1. The molecule has 1 N–H and O–H groups in total. The predicted octanol–water partition coefficient (Wildman–Crippen LogP) is 4.76. The second kappa shape index (κ2) is 9.00. The highest BCUT2D eigenvalue weighted by Gasteiger charge is 2.63. The number of halogens is 5. The van der Waals surface area contributed by atoms with Crippen LogP contribution in [0.1, 0.15) is 42.9 Å². The first kappa shape index (κ1) is 27.5. The molecule has 2 aromatic rings. The summed E-state index contributed by atoms with van der Waals surface area (Å²) in [5.41, 5.74) is -3.83. The summed E-state index contributed by atoms with van der Waals surface area (Å²) < 4.78 is 95.7. The number of benzene rings is 2. The van der Waals surface area contributed by atoms with Gasteiger partial charge < -0.3 is 10.0 Å². The topological polar surface area (TPSA) is 91.8 Å². The normalized spacial score (nSPS) is 26.8. The highest BCUT2D eigenvalue weighted by molar-refractivity contribution is 7.92. The molecular formula is C27H26F5NO5S. The van der Waals surface area contributed by atoms with Gasteiger partial charge in [0.1, 0.15) is 10.6 Å². The lowest BCUT2D eigenvalue weighted by Gasteiger charge is -2.44. The minimum absolute atomic E-state index is 0.0154. The molecule has 1 aliphatic heterocycles. The van der Waals surface area contributed by atoms with Crippen LogP contribution in [0.3, 0.4) is 0 Å². The second-order valence-electron chi connectivity index (χ2n) is 10.8. The Morgan fingerprint density at radius 1 is 1.03 bits per heavy atom. The summed E-state index contributed by atoms with van der Waals surface area (Å²) in [4.78, 5) is 25.8. The van der Waals surface area contributed by atoms with Gasteiger partial charge in [-0.05, 0) is 79.5 Å². The third-order valence-electron chi connectivity index (χ3n) is 8.73. The van der Waals surface area contributed by atoms with Crippen molar-refractivity contribution in [2.75, 3.05) is 13.1 Å². The van der Waals surface area contributed by atoms with Crippen molar-refractivity contribution in [3.8, 4) is 0 Å². The molecule has 2 aliphatic carbocycles. The molecule has 3 aliphatic rings. The van der Waals surface area contributed by atoms with Gasteiger partial charge in [0, 0.05) is 19.0 Å². The molecule has 0 spiro atoms. The SMILES string of the molecule is CC(F)(c1ccc2c(c1)CC[C@H]1[C@H](C(=O)N3CC(C(=O)O)C3)CC[C@@]21S(=O)(=O)c1ccc(F)cc1)C(F)(F)F. The van der Waals surface area contributed by atoms with Crippen LogP contribution >= 0.6 is 0 Å². The number of carboxylic acids is 1. The zero-order valence-electron chi connectivity index (χ0n) is 20.8. The number of amides is 1. The fraction of sp³-hybridized carbons (Fsp3) is 0.481. The fourth-order valence-corrected chi connectivity index (χ4v) is 8.95. The molecule has 0 bridgehead atoms. The van der Waals surface area contributed by atoms with Crippen LogP contribution in [0.25, 0.3) is 0 Å². The van der Waals surface area contributed by atoms with E-state index in [0.717, 1.165) is 36.4 Å². The number of aryl methyl sites for hydroxylation is 1. The first-order valence-corrected chi connectivity index (χ1v) is 14.0. The van der Waals surface area contributed by atoms with Crippen molar-refractivity contribution in [2.24, 2.45) is 17.8 Å². The van der Waals surface area contributed by atoms with Crippen molar-refractivity contribution in [2.45, 2.75) is 54.1 Å². The van der Waals surface area contributed by atoms with Gasteiger partial charge in [-0.2, -0.15) is 13.2 Å². The molecule has 1 heterocycles. The lowest BCUT2D eigenvalue weighted by molar-refractivity contribution is -0.228. The molecule has 1 saturated heterocycles. The van der Waals surface area contributed by atoms with E-state index in [4.69, 9.17) is 0 Å². The maximum absolute atomic E-state index is 14.8. The molecular weight excluding hydrogens is 545 g/mol. The number of carboxylic acid groups (broad SMARTS) is 1. The van der Waals surface area contributed by atoms with E-state index in [0.29, 0.717) is 6.92 Å². The van der Waals surface area contributed by atoms with Gasteiger partial charge in [0.25, 0.3) is 0 Å². The number of carbonyl (C=O) groups is 2. The van der Waals surface area contributed by atoms with Crippen molar-refractivity contribution in [3.05, 3.63) is 65.0 Å². The van der Waals surface area contributed by atoms with Crippen molar-refractivity contribution >= 4 is 21.7 Å². The van der Waals surface area contributed by atoms with Gasteiger partial charge in [0.2, 0.25) is 11.6 Å². The van der Waals surface area contributed by atoms with Crippen LogP contribution in [-0.4, -0.2) is 49.6 Å². The zero-order valence-corrected chi connectivity index (χ0v) is 21.7. The summed E-state index contributed by atoms with van der Waals surface area (Å²) in [7, 11) is -4.32. The van der Waals surface area contributed by atoms with Gasteiger partial charge in [0.05, 0.1) is 10.8 Å². The largest absolute Gasteiger partial charge is 0.481 e. The first-order chi connectivity index (χ1) is 18.1. The molecule has 39 heavy (non-hydrogen) atoms. The average molecular weight is 572 g/mol. The lowest BCUT2D eigenvalue weighted by Crippen LogP contribution is -2.56. The standard InChI is InChI=1S/C27H26F5NO5S/c1-25(29,27(30,31)32)17-3-9-21-15(12-17)2-8-22-20(23(34)33-13-16(14-33)24(35)36)10-11-26(21,22)39(37,38)19-6-4-18(28)5-7-19/h3-7,9,12,16,20,22H,2,8,10-11,13-14H2,1H3,(H,35,36)/t20-,22+,25?,26-/m1/s1. The fourth-order valence-electron chi connectivity index (χ4n) is 6.48. The number of fused-ring (bicyclic) bond motifs is 3. The Morgan fingerprint density at radius 3 is 2.26 bits per heavy atom. The summed E-state index contributed by atoms with van der Waals surface area (Å²) in [6, 6.07) is 7.44. The number of rotatable bonds is 5. The summed E-state index contributed by atoms with van der Waals surface area (Å²) in [5.74, 6) is -4.26. The summed E-state index contributed by atoms with van der Waals surface area (Å²) in [5, 5.41) is 9.18. The number of likely N-dealkylation sites (tertiary alicyclic amines) is 1. The molecule has 2 fully saturated rings. The number of aliphatic carboxylic acids is 1. The van der Waals surface area contributed by atoms with Crippen LogP contribution in [0.2, 0.25) is 0 Å². The van der Waals surface area contributed by atoms with Crippen molar-refractivity contribution in [1.82, 2.24) is 4.90 Å². The summed E-state index contributed by atoms with van der Waals surface area (Å²) >= 11 is 0. The highest BCUT2D eigenvalue weighted by Crippen LogP contribution is 2.60. The van der Waals surface area contributed by atoms with Crippen LogP contribution in [0.15, 0.2) is 47.4 Å². The summed E-state index contributed by atoms with van der Waals surface area (Å²) in [6.45, 7) is 0.441. The number of alkyl halides is 4. The smallest absolute Gasteiger partial charge is 0.426 e. The maximum Gasteiger partial charge on any atom is 0.426 e. The van der Waals surface area contributed by atoms with E-state index in [2.05, 4.69) is 0 Å². The Morgan fingerprint density at radius 2 is 1.67 bits per heavy atom. The van der Waals surface area contributed by atoms with Gasteiger partial charge in [-0.15, -0.1) is 0 Å². The molecule has 0 aromatic heterocycles. The van der Waals surface area contributed by atoms with E-state index < -0.39 is 61.5 Å². The van der Waals surface area contributed by atoms with E-state index in [9.17, 15) is 45.1 Å². The van der Waals surface area contributed by atoms with Crippen LogP contribution in [0, 0.1) is 23.6 Å².